The predicted octanol–water partition coefficient (Wildman–Crippen LogP) is 2.25. The van der Waals surface area contributed by atoms with Gasteiger partial charge in [0.1, 0.15) is 5.76 Å². The Morgan fingerprint density at radius 3 is 2.45 bits per heavy atom. The van der Waals surface area contributed by atoms with E-state index >= 15 is 0 Å². The van der Waals surface area contributed by atoms with Gasteiger partial charge in [0.2, 0.25) is 0 Å². The molecule has 0 aromatic rings. The van der Waals surface area contributed by atoms with Crippen molar-refractivity contribution in [2.45, 2.75) is 6.92 Å². The monoisotopic (exact) mass is 154 g/mol. The van der Waals surface area contributed by atoms with Crippen LogP contribution in [0.4, 0.5) is 0 Å². The van der Waals surface area contributed by atoms with Crippen LogP contribution in [0.25, 0.3) is 0 Å². The Morgan fingerprint density at radius 1 is 1.36 bits per heavy atom. The number of hydrogen-bond donors (Lipinski definition) is 0. The minimum absolute atomic E-state index is 0.235. The molecule has 0 radical (unpaired) electrons. The third-order valence-electron chi connectivity index (χ3n) is 0.916. The van der Waals surface area contributed by atoms with E-state index < -0.39 is 0 Å². The van der Waals surface area contributed by atoms with Gasteiger partial charge < -0.3 is 9.47 Å². The van der Waals surface area contributed by atoms with E-state index in [1.807, 2.05) is 13.0 Å². The summed E-state index contributed by atoms with van der Waals surface area (Å²) in [6.07, 6.45) is 3.58. The maximum absolute atomic E-state index is 5.00. The van der Waals surface area contributed by atoms with Gasteiger partial charge >= 0.3 is 0 Å². The van der Waals surface area contributed by atoms with Crippen molar-refractivity contribution < 1.29 is 9.47 Å². The number of hydrogen-bond acceptors (Lipinski definition) is 2. The molecular weight excluding hydrogens is 140 g/mol. The summed E-state index contributed by atoms with van der Waals surface area (Å²) in [6, 6.07) is 0. The van der Waals surface area contributed by atoms with Crippen LogP contribution in [0.15, 0.2) is 36.6 Å². The number of allylic oxidation sites excluding steroid dienone is 3. The maximum Gasteiger partial charge on any atom is 0.188 e. The molecule has 11 heavy (non-hydrogen) atoms. The second-order valence-corrected chi connectivity index (χ2v) is 2.20. The first kappa shape index (κ1) is 9.98. The smallest absolute Gasteiger partial charge is 0.188 e. The highest BCUT2D eigenvalue weighted by Gasteiger charge is 1.85. The van der Waals surface area contributed by atoms with Gasteiger partial charge in [0, 0.05) is 7.11 Å². The lowest BCUT2D eigenvalue weighted by Crippen LogP contribution is -1.93. The van der Waals surface area contributed by atoms with Crippen LogP contribution in [0.2, 0.25) is 0 Å². The predicted molar refractivity (Wildman–Crippen MR) is 46.1 cm³/mol. The molecule has 0 amide bonds. The molecule has 0 spiro atoms. The van der Waals surface area contributed by atoms with Gasteiger partial charge in [-0.25, -0.2) is 0 Å². The van der Waals surface area contributed by atoms with Crippen molar-refractivity contribution in [3.63, 3.8) is 0 Å². The molecule has 0 heterocycles. The highest BCUT2D eigenvalue weighted by Crippen LogP contribution is 1.98. The first-order valence-corrected chi connectivity index (χ1v) is 3.31. The molecule has 62 valence electrons. The molecule has 0 unspecified atom stereocenters. The van der Waals surface area contributed by atoms with E-state index in [2.05, 4.69) is 17.9 Å². The summed E-state index contributed by atoms with van der Waals surface area (Å²) in [4.78, 5) is 0. The second kappa shape index (κ2) is 5.74. The van der Waals surface area contributed by atoms with E-state index in [0.717, 1.165) is 5.57 Å². The lowest BCUT2D eigenvalue weighted by Gasteiger charge is -2.02. The fraction of sp³-hybridized carbons (Fsp3) is 0.333. The largest absolute Gasteiger partial charge is 0.468 e. The van der Waals surface area contributed by atoms with Crippen LogP contribution >= 0.6 is 0 Å². The Balaban J connectivity index is 3.60. The summed E-state index contributed by atoms with van der Waals surface area (Å²) in [5.74, 6) is 0.579. The SMILES string of the molecule is C=C(C)/C=C\C(=C)OCOC. The number of methoxy groups -OCH3 is 1. The third-order valence-corrected chi connectivity index (χ3v) is 0.916. The molecule has 0 aromatic carbocycles. The maximum atomic E-state index is 5.00. The summed E-state index contributed by atoms with van der Waals surface area (Å²) in [7, 11) is 1.57. The summed E-state index contributed by atoms with van der Waals surface area (Å²) >= 11 is 0. The van der Waals surface area contributed by atoms with Crippen molar-refractivity contribution in [1.82, 2.24) is 0 Å². The van der Waals surface area contributed by atoms with Crippen molar-refractivity contribution in [1.29, 1.82) is 0 Å². The normalized spacial score (nSPS) is 10.0. The van der Waals surface area contributed by atoms with Crippen LogP contribution in [0, 0.1) is 0 Å². The van der Waals surface area contributed by atoms with Crippen molar-refractivity contribution in [3.05, 3.63) is 36.6 Å². The van der Waals surface area contributed by atoms with Crippen LogP contribution < -0.4 is 0 Å². The van der Waals surface area contributed by atoms with Crippen molar-refractivity contribution >= 4 is 0 Å². The van der Waals surface area contributed by atoms with E-state index in [-0.39, 0.29) is 6.79 Å². The molecule has 0 aliphatic rings. The first-order chi connectivity index (χ1) is 5.16. The molecule has 0 saturated carbocycles. The van der Waals surface area contributed by atoms with Crippen LogP contribution in [0.3, 0.4) is 0 Å². The van der Waals surface area contributed by atoms with Crippen molar-refractivity contribution in [2.24, 2.45) is 0 Å². The fourth-order valence-electron chi connectivity index (χ4n) is 0.418. The van der Waals surface area contributed by atoms with E-state index in [1.165, 1.54) is 0 Å². The van der Waals surface area contributed by atoms with Gasteiger partial charge in [-0.3, -0.25) is 0 Å². The molecule has 0 aromatic heterocycles. The molecule has 0 atom stereocenters. The number of rotatable bonds is 5. The van der Waals surface area contributed by atoms with Crippen molar-refractivity contribution in [2.75, 3.05) is 13.9 Å². The molecule has 0 aliphatic carbocycles. The van der Waals surface area contributed by atoms with Gasteiger partial charge in [-0.15, -0.1) is 0 Å². The zero-order chi connectivity index (χ0) is 8.69. The zero-order valence-electron chi connectivity index (χ0n) is 7.09. The van der Waals surface area contributed by atoms with E-state index in [0.29, 0.717) is 5.76 Å². The molecule has 0 saturated heterocycles. The minimum Gasteiger partial charge on any atom is -0.468 e. The first-order valence-electron chi connectivity index (χ1n) is 3.31. The molecule has 0 rings (SSSR count). The standard InChI is InChI=1S/C9H14O2/c1-8(2)5-6-9(3)11-7-10-4/h5-6H,1,3,7H2,2,4H3/b6-5-. The number of ether oxygens (including phenoxy) is 2. The Morgan fingerprint density at radius 2 is 2.00 bits per heavy atom. The van der Waals surface area contributed by atoms with Gasteiger partial charge in [-0.1, -0.05) is 24.8 Å². The summed E-state index contributed by atoms with van der Waals surface area (Å²) < 4.78 is 9.68. The summed E-state index contributed by atoms with van der Waals surface area (Å²) in [5.41, 5.74) is 0.965. The van der Waals surface area contributed by atoms with E-state index in [9.17, 15) is 0 Å². The van der Waals surface area contributed by atoms with E-state index in [1.54, 1.807) is 13.2 Å². The van der Waals surface area contributed by atoms with Crippen LogP contribution in [0.1, 0.15) is 6.92 Å². The second-order valence-electron chi connectivity index (χ2n) is 2.20. The van der Waals surface area contributed by atoms with Crippen LogP contribution in [-0.2, 0) is 9.47 Å². The Hall–Kier alpha value is -1.02. The highest BCUT2D eigenvalue weighted by molar-refractivity contribution is 5.19. The highest BCUT2D eigenvalue weighted by atomic mass is 16.7. The summed E-state index contributed by atoms with van der Waals surface area (Å²) in [6.45, 7) is 9.47. The lowest BCUT2D eigenvalue weighted by molar-refractivity contribution is 0.0106. The van der Waals surface area contributed by atoms with Gasteiger partial charge in [-0.2, -0.15) is 0 Å². The van der Waals surface area contributed by atoms with Crippen LogP contribution in [0.5, 0.6) is 0 Å². The van der Waals surface area contributed by atoms with Gasteiger partial charge in [0.05, 0.1) is 0 Å². The average Bonchev–Trinajstić information content (AvgIpc) is 1.97. The van der Waals surface area contributed by atoms with Gasteiger partial charge in [-0.05, 0) is 13.0 Å². The molecule has 2 heteroatoms. The molecule has 0 bridgehead atoms. The fourth-order valence-corrected chi connectivity index (χ4v) is 0.418. The van der Waals surface area contributed by atoms with Gasteiger partial charge in [0.25, 0.3) is 0 Å². The Bertz CT molecular complexity index is 168. The zero-order valence-corrected chi connectivity index (χ0v) is 7.09. The van der Waals surface area contributed by atoms with E-state index in [4.69, 9.17) is 4.74 Å². The van der Waals surface area contributed by atoms with Crippen LogP contribution in [-0.4, -0.2) is 13.9 Å². The molecule has 0 aliphatic heterocycles. The third kappa shape index (κ3) is 6.87. The molecule has 0 fully saturated rings. The van der Waals surface area contributed by atoms with Crippen molar-refractivity contribution in [3.8, 4) is 0 Å². The quantitative estimate of drug-likeness (QED) is 0.343. The average molecular weight is 154 g/mol. The molecule has 0 N–H and O–H groups in total. The lowest BCUT2D eigenvalue weighted by atomic mass is 10.3. The Labute approximate surface area is 67.8 Å². The molecule has 2 nitrogen and oxygen atoms in total. The minimum atomic E-state index is 0.235. The van der Waals surface area contributed by atoms with Gasteiger partial charge in [0.15, 0.2) is 6.79 Å². The summed E-state index contributed by atoms with van der Waals surface area (Å²) in [5, 5.41) is 0. The molecular formula is C9H14O2. The topological polar surface area (TPSA) is 18.5 Å². The Kier molecular flexibility index (Phi) is 5.21.